The lowest BCUT2D eigenvalue weighted by Crippen LogP contribution is -2.21. The van der Waals surface area contributed by atoms with Gasteiger partial charge in [-0.15, -0.1) is 11.3 Å². The molecule has 2 aromatic rings. The topological polar surface area (TPSA) is 53.4 Å². The Hall–Kier alpha value is -1.88. The molecule has 0 saturated carbocycles. The highest BCUT2D eigenvalue weighted by molar-refractivity contribution is 7.12. The number of carboxylic acid groups (broad SMARTS) is 1. The molecule has 2 rings (SSSR count). The minimum Gasteiger partial charge on any atom is -0.477 e. The Balaban J connectivity index is 2.15. The third-order valence-electron chi connectivity index (χ3n) is 2.62. The molecule has 4 nitrogen and oxygen atoms in total. The van der Waals surface area contributed by atoms with Gasteiger partial charge in [-0.3, -0.25) is 4.98 Å². The van der Waals surface area contributed by atoms with Gasteiger partial charge in [-0.25, -0.2) is 4.79 Å². The van der Waals surface area contributed by atoms with Crippen molar-refractivity contribution in [3.63, 3.8) is 0 Å². The van der Waals surface area contributed by atoms with Gasteiger partial charge in [0.15, 0.2) is 0 Å². The Labute approximate surface area is 110 Å². The van der Waals surface area contributed by atoms with Crippen molar-refractivity contribution in [2.45, 2.75) is 13.5 Å². The molecular weight excluding hydrogens is 248 g/mol. The third kappa shape index (κ3) is 2.87. The molecule has 1 N–H and O–H groups in total. The summed E-state index contributed by atoms with van der Waals surface area (Å²) in [5.41, 5.74) is 1.91. The van der Waals surface area contributed by atoms with Gasteiger partial charge in [-0.2, -0.15) is 0 Å². The monoisotopic (exact) mass is 262 g/mol. The van der Waals surface area contributed by atoms with Gasteiger partial charge in [0.2, 0.25) is 0 Å². The predicted octanol–water partition coefficient (Wildman–Crippen LogP) is 2.87. The van der Waals surface area contributed by atoms with E-state index in [1.54, 1.807) is 12.3 Å². The van der Waals surface area contributed by atoms with Crippen LogP contribution in [-0.2, 0) is 6.54 Å². The molecule has 0 atom stereocenters. The molecule has 0 aliphatic heterocycles. The Morgan fingerprint density at radius 1 is 1.50 bits per heavy atom. The normalized spacial score (nSPS) is 10.3. The summed E-state index contributed by atoms with van der Waals surface area (Å²) < 4.78 is 0. The lowest BCUT2D eigenvalue weighted by molar-refractivity contribution is 0.0702. The van der Waals surface area contributed by atoms with E-state index in [4.69, 9.17) is 5.11 Å². The molecule has 0 fully saturated rings. The molecule has 0 unspecified atom stereocenters. The summed E-state index contributed by atoms with van der Waals surface area (Å²) in [6.45, 7) is 3.54. The molecule has 0 bridgehead atoms. The number of anilines is 1. The van der Waals surface area contributed by atoms with Gasteiger partial charge in [0.25, 0.3) is 0 Å². The number of carboxylic acids is 1. The van der Waals surface area contributed by atoms with Crippen LogP contribution >= 0.6 is 11.3 Å². The highest BCUT2D eigenvalue weighted by Crippen LogP contribution is 2.24. The lowest BCUT2D eigenvalue weighted by atomic mass is 10.3. The lowest BCUT2D eigenvalue weighted by Gasteiger charge is -2.20. The average molecular weight is 262 g/mol. The van der Waals surface area contributed by atoms with Gasteiger partial charge in [-0.05, 0) is 25.1 Å². The first-order valence-corrected chi connectivity index (χ1v) is 6.55. The minimum absolute atomic E-state index is 0.365. The fourth-order valence-electron chi connectivity index (χ4n) is 1.68. The van der Waals surface area contributed by atoms with E-state index in [0.717, 1.165) is 17.9 Å². The molecule has 0 aromatic carbocycles. The smallest absolute Gasteiger partial charge is 0.345 e. The van der Waals surface area contributed by atoms with Crippen LogP contribution in [0.5, 0.6) is 0 Å². The number of pyridine rings is 1. The Bertz CT molecular complexity index is 525. The summed E-state index contributed by atoms with van der Waals surface area (Å²) in [7, 11) is 0. The Kier molecular flexibility index (Phi) is 3.94. The molecule has 0 spiro atoms. The second-order valence-corrected chi connectivity index (χ2v) is 4.72. The molecule has 5 heteroatoms. The third-order valence-corrected chi connectivity index (χ3v) is 3.53. The highest BCUT2D eigenvalue weighted by atomic mass is 32.1. The fraction of sp³-hybridized carbons (Fsp3) is 0.231. The van der Waals surface area contributed by atoms with E-state index in [2.05, 4.69) is 9.88 Å². The standard InChI is InChI=1S/C13H14N2O2S/c1-2-15(8-10-5-3-4-6-14-10)11-7-12(13(16)17)18-9-11/h3-7,9H,2,8H2,1H3,(H,16,17). The van der Waals surface area contributed by atoms with Crippen molar-refractivity contribution >= 4 is 23.0 Å². The van der Waals surface area contributed by atoms with Crippen LogP contribution in [-0.4, -0.2) is 22.6 Å². The number of hydrogen-bond acceptors (Lipinski definition) is 4. The molecule has 0 aliphatic rings. The molecule has 18 heavy (non-hydrogen) atoms. The summed E-state index contributed by atoms with van der Waals surface area (Å²) in [6, 6.07) is 7.51. The van der Waals surface area contributed by atoms with E-state index >= 15 is 0 Å². The quantitative estimate of drug-likeness (QED) is 0.900. The molecule has 0 aliphatic carbocycles. The number of rotatable bonds is 5. The maximum atomic E-state index is 10.9. The number of hydrogen-bond donors (Lipinski definition) is 1. The Morgan fingerprint density at radius 3 is 2.89 bits per heavy atom. The van der Waals surface area contributed by atoms with Crippen molar-refractivity contribution in [1.82, 2.24) is 4.98 Å². The summed E-state index contributed by atoms with van der Waals surface area (Å²) in [4.78, 5) is 17.6. The van der Waals surface area contributed by atoms with Crippen molar-refractivity contribution in [3.05, 3.63) is 46.4 Å². The summed E-state index contributed by atoms with van der Waals surface area (Å²) in [6.07, 6.45) is 1.76. The van der Waals surface area contributed by atoms with Crippen molar-refractivity contribution in [3.8, 4) is 0 Å². The van der Waals surface area contributed by atoms with Crippen LogP contribution in [0.2, 0.25) is 0 Å². The number of aromatic carboxylic acids is 1. The second kappa shape index (κ2) is 5.64. The molecular formula is C13H14N2O2S. The SMILES string of the molecule is CCN(Cc1ccccn1)c1csc(C(=O)O)c1. The summed E-state index contributed by atoms with van der Waals surface area (Å²) in [5.74, 6) is -0.875. The van der Waals surface area contributed by atoms with Gasteiger partial charge in [0.1, 0.15) is 4.88 Å². The summed E-state index contributed by atoms with van der Waals surface area (Å²) in [5, 5.41) is 10.8. The number of nitrogens with zero attached hydrogens (tertiary/aromatic N) is 2. The van der Waals surface area contributed by atoms with E-state index in [1.165, 1.54) is 11.3 Å². The van der Waals surface area contributed by atoms with E-state index < -0.39 is 5.97 Å². The minimum atomic E-state index is -0.875. The van der Waals surface area contributed by atoms with Crippen LogP contribution in [0.1, 0.15) is 22.3 Å². The van der Waals surface area contributed by atoms with E-state index in [-0.39, 0.29) is 0 Å². The average Bonchev–Trinajstić information content (AvgIpc) is 2.87. The fourth-order valence-corrected chi connectivity index (χ4v) is 2.43. The van der Waals surface area contributed by atoms with Crippen LogP contribution in [0.15, 0.2) is 35.8 Å². The Morgan fingerprint density at radius 2 is 2.33 bits per heavy atom. The van der Waals surface area contributed by atoms with Crippen molar-refractivity contribution < 1.29 is 9.90 Å². The van der Waals surface area contributed by atoms with Gasteiger partial charge >= 0.3 is 5.97 Å². The van der Waals surface area contributed by atoms with Gasteiger partial charge in [0, 0.05) is 23.8 Å². The predicted molar refractivity (Wildman–Crippen MR) is 72.2 cm³/mol. The van der Waals surface area contributed by atoms with E-state index in [9.17, 15) is 4.79 Å². The number of thiophene rings is 1. The van der Waals surface area contributed by atoms with Gasteiger partial charge in [-0.1, -0.05) is 6.07 Å². The summed E-state index contributed by atoms with van der Waals surface area (Å²) >= 11 is 1.25. The maximum Gasteiger partial charge on any atom is 0.345 e. The number of carbonyl (C=O) groups is 1. The zero-order chi connectivity index (χ0) is 13.0. The van der Waals surface area contributed by atoms with Crippen molar-refractivity contribution in [2.24, 2.45) is 0 Å². The van der Waals surface area contributed by atoms with Crippen LogP contribution in [0.4, 0.5) is 5.69 Å². The van der Waals surface area contributed by atoms with Crippen LogP contribution in [0, 0.1) is 0 Å². The van der Waals surface area contributed by atoms with Crippen molar-refractivity contribution in [2.75, 3.05) is 11.4 Å². The molecule has 0 amide bonds. The van der Waals surface area contributed by atoms with Crippen LogP contribution in [0.3, 0.4) is 0 Å². The zero-order valence-electron chi connectivity index (χ0n) is 10.0. The van der Waals surface area contributed by atoms with Gasteiger partial charge in [0.05, 0.1) is 12.2 Å². The molecule has 0 saturated heterocycles. The largest absolute Gasteiger partial charge is 0.477 e. The molecule has 0 radical (unpaired) electrons. The maximum absolute atomic E-state index is 10.9. The highest BCUT2D eigenvalue weighted by Gasteiger charge is 2.11. The van der Waals surface area contributed by atoms with Crippen molar-refractivity contribution in [1.29, 1.82) is 0 Å². The van der Waals surface area contributed by atoms with Crippen LogP contribution in [0.25, 0.3) is 0 Å². The first-order chi connectivity index (χ1) is 8.70. The zero-order valence-corrected chi connectivity index (χ0v) is 10.9. The number of aromatic nitrogens is 1. The van der Waals surface area contributed by atoms with E-state index in [0.29, 0.717) is 11.4 Å². The first kappa shape index (κ1) is 12.6. The van der Waals surface area contributed by atoms with E-state index in [1.807, 2.05) is 30.5 Å². The van der Waals surface area contributed by atoms with Gasteiger partial charge < -0.3 is 10.0 Å². The molecule has 2 aromatic heterocycles. The molecule has 94 valence electrons. The van der Waals surface area contributed by atoms with Crippen LogP contribution < -0.4 is 4.90 Å². The molecule has 2 heterocycles. The second-order valence-electron chi connectivity index (χ2n) is 3.81. The first-order valence-electron chi connectivity index (χ1n) is 5.67.